The number of rotatable bonds is 3. The molecule has 0 N–H and O–H groups in total. The van der Waals surface area contributed by atoms with Crippen molar-refractivity contribution in [3.63, 3.8) is 0 Å². The molecule has 0 fully saturated rings. The van der Waals surface area contributed by atoms with Crippen molar-refractivity contribution in [1.29, 1.82) is 0 Å². The Hall–Kier alpha value is -0.380. The minimum absolute atomic E-state index is 1.15. The number of allylic oxidation sites excluding steroid dienone is 5. The maximum atomic E-state index is 3.98. The van der Waals surface area contributed by atoms with Crippen molar-refractivity contribution >= 4 is 28.8 Å². The summed E-state index contributed by atoms with van der Waals surface area (Å²) in [5.41, 5.74) is 2.30. The third kappa shape index (κ3) is 4.49. The van der Waals surface area contributed by atoms with Gasteiger partial charge in [0, 0.05) is 18.8 Å². The molecule has 0 bridgehead atoms. The first-order valence-electron chi connectivity index (χ1n) is 3.71. The molecule has 0 spiro atoms. The van der Waals surface area contributed by atoms with Crippen LogP contribution in [0.15, 0.2) is 38.4 Å². The largest absolute Gasteiger partial charge is 0.296 e. The van der Waals surface area contributed by atoms with Gasteiger partial charge in [0.1, 0.15) is 0 Å². The second-order valence-electron chi connectivity index (χ2n) is 2.47. The van der Waals surface area contributed by atoms with Crippen LogP contribution in [0.5, 0.6) is 0 Å². The maximum Gasteiger partial charge on any atom is 0.0288 e. The molecule has 0 saturated carbocycles. The maximum absolute atomic E-state index is 3.98. The molecular weight excluding hydrogens is 261 g/mol. The van der Waals surface area contributed by atoms with Gasteiger partial charge in [-0.2, -0.15) is 0 Å². The van der Waals surface area contributed by atoms with Crippen LogP contribution in [0, 0.1) is 0 Å². The molecule has 0 amide bonds. The van der Waals surface area contributed by atoms with Crippen molar-refractivity contribution in [1.82, 2.24) is 0 Å². The summed E-state index contributed by atoms with van der Waals surface area (Å²) in [7, 11) is 1.77. The molecule has 12 heavy (non-hydrogen) atoms. The van der Waals surface area contributed by atoms with E-state index in [4.69, 9.17) is 0 Å². The lowest BCUT2D eigenvalue weighted by Crippen LogP contribution is -1.83. The molecule has 0 atom stereocenters. The van der Waals surface area contributed by atoms with Crippen LogP contribution in [-0.2, 0) is 0 Å². The smallest absolute Gasteiger partial charge is 0.0288 e. The van der Waals surface area contributed by atoms with Crippen LogP contribution in [0.4, 0.5) is 0 Å². The molecule has 0 aromatic carbocycles. The van der Waals surface area contributed by atoms with Crippen molar-refractivity contribution in [3.05, 3.63) is 33.5 Å². The first-order chi connectivity index (χ1) is 5.61. The second-order valence-corrected chi connectivity index (χ2v) is 4.09. The van der Waals surface area contributed by atoms with Crippen molar-refractivity contribution < 1.29 is 0 Å². The summed E-state index contributed by atoms with van der Waals surface area (Å²) in [5, 5.41) is 0. The van der Waals surface area contributed by atoms with Crippen molar-refractivity contribution in [2.45, 2.75) is 13.8 Å². The molecule has 0 aliphatic heterocycles. The van der Waals surface area contributed by atoms with E-state index in [0.29, 0.717) is 0 Å². The minimum Gasteiger partial charge on any atom is -0.296 e. The topological polar surface area (TPSA) is 12.4 Å². The molecule has 66 valence electrons. The highest BCUT2D eigenvalue weighted by atomic mass is 127. The summed E-state index contributed by atoms with van der Waals surface area (Å²) in [5.74, 6) is 0. The molecule has 0 saturated heterocycles. The Kier molecular flexibility index (Phi) is 5.98. The summed E-state index contributed by atoms with van der Waals surface area (Å²) >= 11 is 2.29. The van der Waals surface area contributed by atoms with Gasteiger partial charge in [0.2, 0.25) is 0 Å². The van der Waals surface area contributed by atoms with E-state index >= 15 is 0 Å². The first-order valence-corrected chi connectivity index (χ1v) is 4.79. The van der Waals surface area contributed by atoms with Gasteiger partial charge in [0.05, 0.1) is 0 Å². The molecule has 1 nitrogen and oxygen atoms in total. The highest BCUT2D eigenvalue weighted by Crippen LogP contribution is 2.13. The van der Waals surface area contributed by atoms with Crippen LogP contribution in [-0.4, -0.2) is 13.3 Å². The van der Waals surface area contributed by atoms with Gasteiger partial charge in [0.15, 0.2) is 0 Å². The Labute approximate surface area is 88.1 Å². The Balaban J connectivity index is 4.80. The number of hydrogen-bond acceptors (Lipinski definition) is 1. The molecule has 0 unspecified atom stereocenters. The van der Waals surface area contributed by atoms with Gasteiger partial charge in [-0.05, 0) is 46.1 Å². The number of halogens is 1. The zero-order valence-corrected chi connectivity index (χ0v) is 9.92. The summed E-state index contributed by atoms with van der Waals surface area (Å²) in [6.07, 6.45) is 5.76. The lowest BCUT2D eigenvalue weighted by atomic mass is 10.2. The van der Waals surface area contributed by atoms with Crippen molar-refractivity contribution in [2.75, 3.05) is 7.05 Å². The Bertz CT molecular complexity index is 243. The number of aliphatic imine (C=N–C) groups is 1. The third-order valence-electron chi connectivity index (χ3n) is 1.37. The predicted molar refractivity (Wildman–Crippen MR) is 65.1 cm³/mol. The van der Waals surface area contributed by atoms with E-state index < -0.39 is 0 Å². The molecular formula is C10H14IN. The van der Waals surface area contributed by atoms with Crippen LogP contribution < -0.4 is 0 Å². The van der Waals surface area contributed by atoms with Crippen LogP contribution >= 0.6 is 22.6 Å². The van der Waals surface area contributed by atoms with Gasteiger partial charge in [-0.1, -0.05) is 18.2 Å². The van der Waals surface area contributed by atoms with Crippen LogP contribution in [0.1, 0.15) is 13.8 Å². The van der Waals surface area contributed by atoms with E-state index in [1.807, 2.05) is 19.2 Å². The molecule has 0 aliphatic rings. The molecule has 0 heterocycles. The van der Waals surface area contributed by atoms with Gasteiger partial charge < -0.3 is 0 Å². The Morgan fingerprint density at radius 3 is 2.33 bits per heavy atom. The molecule has 0 rings (SSSR count). The van der Waals surface area contributed by atoms with E-state index in [1.54, 1.807) is 7.05 Å². The Morgan fingerprint density at radius 2 is 2.00 bits per heavy atom. The van der Waals surface area contributed by atoms with Gasteiger partial charge in [-0.25, -0.2) is 0 Å². The van der Waals surface area contributed by atoms with Gasteiger partial charge in [-0.3, -0.25) is 4.99 Å². The fourth-order valence-electron chi connectivity index (χ4n) is 0.669. The number of hydrogen-bond donors (Lipinski definition) is 0. The molecule has 0 radical (unpaired) electrons. The van der Waals surface area contributed by atoms with Gasteiger partial charge in [0.25, 0.3) is 0 Å². The molecule has 0 aromatic heterocycles. The quantitative estimate of drug-likeness (QED) is 0.424. The fourth-order valence-corrected chi connectivity index (χ4v) is 0.964. The number of nitrogens with zero attached hydrogens (tertiary/aromatic N) is 1. The van der Waals surface area contributed by atoms with E-state index in [1.165, 1.54) is 3.58 Å². The van der Waals surface area contributed by atoms with Crippen LogP contribution in [0.3, 0.4) is 0 Å². The lowest BCUT2D eigenvalue weighted by molar-refractivity contribution is 1.44. The van der Waals surface area contributed by atoms with Crippen LogP contribution in [0.25, 0.3) is 0 Å². The third-order valence-corrected chi connectivity index (χ3v) is 1.99. The van der Waals surface area contributed by atoms with Crippen molar-refractivity contribution in [3.8, 4) is 0 Å². The molecule has 0 aliphatic carbocycles. The lowest BCUT2D eigenvalue weighted by Gasteiger charge is -1.96. The van der Waals surface area contributed by atoms with E-state index in [9.17, 15) is 0 Å². The monoisotopic (exact) mass is 275 g/mol. The zero-order chi connectivity index (χ0) is 9.56. The van der Waals surface area contributed by atoms with E-state index in [2.05, 4.69) is 47.2 Å². The SMILES string of the molecule is C=C\C(C)=C/C(/C=N\C)=C(\C)I. The second kappa shape index (κ2) is 6.17. The zero-order valence-electron chi connectivity index (χ0n) is 7.76. The van der Waals surface area contributed by atoms with Crippen molar-refractivity contribution in [2.24, 2.45) is 4.99 Å². The Morgan fingerprint density at radius 1 is 1.42 bits per heavy atom. The summed E-state index contributed by atoms with van der Waals surface area (Å²) < 4.78 is 1.24. The average Bonchev–Trinajstić information content (AvgIpc) is 2.03. The highest BCUT2D eigenvalue weighted by molar-refractivity contribution is 14.1. The van der Waals surface area contributed by atoms with Crippen LogP contribution in [0.2, 0.25) is 0 Å². The highest BCUT2D eigenvalue weighted by Gasteiger charge is 1.92. The van der Waals surface area contributed by atoms with E-state index in [0.717, 1.165) is 11.1 Å². The normalized spacial score (nSPS) is 14.8. The fraction of sp³-hybridized carbons (Fsp3) is 0.300. The van der Waals surface area contributed by atoms with Gasteiger partial charge >= 0.3 is 0 Å². The first kappa shape index (κ1) is 11.6. The van der Waals surface area contributed by atoms with E-state index in [-0.39, 0.29) is 0 Å². The average molecular weight is 275 g/mol. The minimum atomic E-state index is 1.15. The summed E-state index contributed by atoms with van der Waals surface area (Å²) in [6, 6.07) is 0. The molecule has 2 heteroatoms. The summed E-state index contributed by atoms with van der Waals surface area (Å²) in [4.78, 5) is 3.98. The predicted octanol–water partition coefficient (Wildman–Crippen LogP) is 3.53. The van der Waals surface area contributed by atoms with Gasteiger partial charge in [-0.15, -0.1) is 0 Å². The standard InChI is InChI=1S/C10H14IN/c1-5-8(2)6-10(7-12-4)9(3)11/h5-7H,1H2,2-4H3/b8-6-,10-9-,12-7-. The molecule has 0 aromatic rings. The summed E-state index contributed by atoms with van der Waals surface area (Å²) in [6.45, 7) is 7.78.